The van der Waals surface area contributed by atoms with Crippen molar-refractivity contribution in [2.45, 2.75) is 19.9 Å². The normalized spacial score (nSPS) is 12.0. The van der Waals surface area contributed by atoms with Crippen molar-refractivity contribution in [3.63, 3.8) is 0 Å². The van der Waals surface area contributed by atoms with Crippen LogP contribution in [-0.2, 0) is 4.79 Å². The van der Waals surface area contributed by atoms with Crippen LogP contribution in [0.4, 0.5) is 0 Å². The summed E-state index contributed by atoms with van der Waals surface area (Å²) in [5, 5.41) is 6.99. The zero-order valence-corrected chi connectivity index (χ0v) is 13.3. The largest absolute Gasteiger partial charge is 0.368 e. The molecule has 22 heavy (non-hydrogen) atoms. The van der Waals surface area contributed by atoms with Crippen molar-refractivity contribution in [2.75, 3.05) is 0 Å². The molecule has 0 spiro atoms. The number of nitrogens with two attached hydrogens (primary N) is 1. The highest BCUT2D eigenvalue weighted by molar-refractivity contribution is 6.39. The predicted molar refractivity (Wildman–Crippen MR) is 82.8 cm³/mol. The third-order valence-electron chi connectivity index (χ3n) is 3.06. The van der Waals surface area contributed by atoms with E-state index in [0.717, 1.165) is 0 Å². The average molecular weight is 342 g/mol. The number of hydrogen-bond acceptors (Lipinski definition) is 4. The Labute approximate surface area is 136 Å². The molecule has 2 aromatic rings. The maximum Gasteiger partial charge on any atom is 0.257 e. The number of hydrogen-bond donors (Lipinski definition) is 2. The van der Waals surface area contributed by atoms with Gasteiger partial charge in [-0.3, -0.25) is 9.59 Å². The first kappa shape index (κ1) is 16.3. The second-order valence-corrected chi connectivity index (χ2v) is 5.47. The molecule has 0 aliphatic heterocycles. The number of carbonyl (C=O) groups is 2. The van der Waals surface area contributed by atoms with Gasteiger partial charge in [0.25, 0.3) is 5.91 Å². The van der Waals surface area contributed by atoms with Crippen molar-refractivity contribution in [2.24, 2.45) is 5.73 Å². The van der Waals surface area contributed by atoms with Gasteiger partial charge in [0, 0.05) is 5.56 Å². The fourth-order valence-corrected chi connectivity index (χ4v) is 2.45. The van der Waals surface area contributed by atoms with Crippen molar-refractivity contribution in [1.29, 1.82) is 0 Å². The Kier molecular flexibility index (Phi) is 4.73. The van der Waals surface area contributed by atoms with Crippen LogP contribution in [0.1, 0.15) is 23.0 Å². The molecule has 116 valence electrons. The Balaban J connectivity index is 2.49. The quantitative estimate of drug-likeness (QED) is 0.892. The zero-order valence-electron chi connectivity index (χ0n) is 11.8. The monoisotopic (exact) mass is 341 g/mol. The van der Waals surface area contributed by atoms with Crippen LogP contribution in [0.5, 0.6) is 0 Å². The average Bonchev–Trinajstić information content (AvgIpc) is 2.80. The molecule has 1 aromatic heterocycles. The summed E-state index contributed by atoms with van der Waals surface area (Å²) >= 11 is 12.3. The fourth-order valence-electron chi connectivity index (χ4n) is 1.87. The molecule has 0 fully saturated rings. The number of benzene rings is 1. The minimum Gasteiger partial charge on any atom is -0.368 e. The van der Waals surface area contributed by atoms with E-state index >= 15 is 0 Å². The van der Waals surface area contributed by atoms with Gasteiger partial charge in [-0.05, 0) is 26.0 Å². The Morgan fingerprint density at radius 2 is 1.91 bits per heavy atom. The minimum absolute atomic E-state index is 0.156. The molecular formula is C14H13Cl2N3O3. The third kappa shape index (κ3) is 3.08. The molecule has 0 aliphatic carbocycles. The first-order valence-electron chi connectivity index (χ1n) is 6.33. The summed E-state index contributed by atoms with van der Waals surface area (Å²) in [6, 6.07) is 4.09. The van der Waals surface area contributed by atoms with E-state index in [1.807, 2.05) is 0 Å². The van der Waals surface area contributed by atoms with Crippen LogP contribution in [0, 0.1) is 6.92 Å². The lowest BCUT2D eigenvalue weighted by Crippen LogP contribution is -2.42. The van der Waals surface area contributed by atoms with E-state index in [9.17, 15) is 9.59 Å². The summed E-state index contributed by atoms with van der Waals surface area (Å²) in [5.74, 6) is -0.920. The van der Waals surface area contributed by atoms with Crippen LogP contribution in [0.2, 0.25) is 10.0 Å². The summed E-state index contributed by atoms with van der Waals surface area (Å²) in [6.45, 7) is 3.05. The van der Waals surface area contributed by atoms with E-state index < -0.39 is 17.9 Å². The van der Waals surface area contributed by atoms with Gasteiger partial charge in [0.15, 0.2) is 0 Å². The van der Waals surface area contributed by atoms with Gasteiger partial charge in [-0.2, -0.15) is 0 Å². The number of carbonyl (C=O) groups excluding carboxylic acids is 2. The van der Waals surface area contributed by atoms with E-state index in [0.29, 0.717) is 15.6 Å². The highest BCUT2D eigenvalue weighted by atomic mass is 35.5. The first-order valence-corrected chi connectivity index (χ1v) is 7.09. The molecule has 0 bridgehead atoms. The molecule has 0 aliphatic rings. The number of rotatable bonds is 4. The van der Waals surface area contributed by atoms with Gasteiger partial charge >= 0.3 is 0 Å². The van der Waals surface area contributed by atoms with Crippen molar-refractivity contribution in [3.05, 3.63) is 39.6 Å². The molecule has 1 heterocycles. The molecule has 3 N–H and O–H groups in total. The van der Waals surface area contributed by atoms with Crippen molar-refractivity contribution < 1.29 is 14.1 Å². The van der Waals surface area contributed by atoms with Gasteiger partial charge in [-0.15, -0.1) is 0 Å². The van der Waals surface area contributed by atoms with Crippen molar-refractivity contribution >= 4 is 35.0 Å². The van der Waals surface area contributed by atoms with Crippen LogP contribution in [0.25, 0.3) is 11.3 Å². The maximum atomic E-state index is 12.4. The van der Waals surface area contributed by atoms with E-state index in [2.05, 4.69) is 10.5 Å². The van der Waals surface area contributed by atoms with E-state index in [-0.39, 0.29) is 17.0 Å². The Bertz CT molecular complexity index is 723. The topological polar surface area (TPSA) is 98.2 Å². The predicted octanol–water partition coefficient (Wildman–Crippen LogP) is 2.56. The Morgan fingerprint density at radius 3 is 2.45 bits per heavy atom. The summed E-state index contributed by atoms with van der Waals surface area (Å²) in [7, 11) is 0. The molecule has 6 nitrogen and oxygen atoms in total. The standard InChI is InChI=1S/C14H13Cl2N3O3/c1-6(13(17)20)18-14(21)10-7(2)22-19-12(10)11-8(15)4-3-5-9(11)16/h3-6H,1-2H3,(H2,17,20)(H,18,21)/t6-/m0/s1. The number of nitrogens with zero attached hydrogens (tertiary/aromatic N) is 1. The van der Waals surface area contributed by atoms with E-state index in [4.69, 9.17) is 33.5 Å². The van der Waals surface area contributed by atoms with Gasteiger partial charge in [0.05, 0.1) is 10.0 Å². The van der Waals surface area contributed by atoms with Crippen molar-refractivity contribution in [3.8, 4) is 11.3 Å². The SMILES string of the molecule is Cc1onc(-c2c(Cl)cccc2Cl)c1C(=O)N[C@@H](C)C(N)=O. The molecule has 1 aromatic carbocycles. The van der Waals surface area contributed by atoms with Gasteiger partial charge in [0.2, 0.25) is 5.91 Å². The lowest BCUT2D eigenvalue weighted by atomic mass is 10.1. The summed E-state index contributed by atoms with van der Waals surface area (Å²) in [4.78, 5) is 23.4. The molecule has 0 saturated heterocycles. The van der Waals surface area contributed by atoms with Crippen molar-refractivity contribution in [1.82, 2.24) is 10.5 Å². The van der Waals surface area contributed by atoms with Crippen LogP contribution >= 0.6 is 23.2 Å². The number of aromatic nitrogens is 1. The number of primary amides is 1. The van der Waals surface area contributed by atoms with Crippen LogP contribution in [0.3, 0.4) is 0 Å². The molecule has 0 saturated carbocycles. The second kappa shape index (κ2) is 6.37. The number of aryl methyl sites for hydroxylation is 1. The third-order valence-corrected chi connectivity index (χ3v) is 3.69. The Morgan fingerprint density at radius 1 is 1.32 bits per heavy atom. The summed E-state index contributed by atoms with van der Waals surface area (Å²) in [5.41, 5.74) is 5.89. The molecule has 8 heteroatoms. The van der Waals surface area contributed by atoms with Gasteiger partial charge < -0.3 is 15.6 Å². The summed E-state index contributed by atoms with van der Waals surface area (Å²) in [6.07, 6.45) is 0. The van der Waals surface area contributed by atoms with Gasteiger partial charge in [0.1, 0.15) is 23.1 Å². The molecule has 0 unspecified atom stereocenters. The van der Waals surface area contributed by atoms with E-state index in [1.165, 1.54) is 6.92 Å². The summed E-state index contributed by atoms with van der Waals surface area (Å²) < 4.78 is 5.08. The van der Waals surface area contributed by atoms with Crippen LogP contribution < -0.4 is 11.1 Å². The fraction of sp³-hybridized carbons (Fsp3) is 0.214. The first-order chi connectivity index (χ1) is 10.3. The van der Waals surface area contributed by atoms with Gasteiger partial charge in [-0.1, -0.05) is 34.4 Å². The van der Waals surface area contributed by atoms with Crippen LogP contribution in [-0.4, -0.2) is 23.0 Å². The molecule has 2 amide bonds. The second-order valence-electron chi connectivity index (χ2n) is 4.66. The van der Waals surface area contributed by atoms with E-state index in [1.54, 1.807) is 25.1 Å². The number of halogens is 2. The Hall–Kier alpha value is -2.05. The number of nitrogens with one attached hydrogen (secondary N) is 1. The number of amides is 2. The lowest BCUT2D eigenvalue weighted by molar-refractivity contribution is -0.119. The molecular weight excluding hydrogens is 329 g/mol. The molecule has 2 rings (SSSR count). The van der Waals surface area contributed by atoms with Crippen LogP contribution in [0.15, 0.2) is 22.7 Å². The maximum absolute atomic E-state index is 12.4. The minimum atomic E-state index is -0.837. The highest BCUT2D eigenvalue weighted by Crippen LogP contribution is 2.36. The highest BCUT2D eigenvalue weighted by Gasteiger charge is 2.26. The molecule has 1 atom stereocenters. The molecule has 0 radical (unpaired) electrons. The van der Waals surface area contributed by atoms with Gasteiger partial charge in [-0.25, -0.2) is 0 Å². The lowest BCUT2D eigenvalue weighted by Gasteiger charge is -2.11. The smallest absolute Gasteiger partial charge is 0.257 e. The zero-order chi connectivity index (χ0) is 16.4.